The zero-order valence-electron chi connectivity index (χ0n) is 15.8. The Morgan fingerprint density at radius 1 is 1.23 bits per heavy atom. The number of carbonyl (C=O) groups is 2. The number of hydrogen-bond donors (Lipinski definition) is 0. The van der Waals surface area contributed by atoms with Crippen LogP contribution < -0.4 is 5.56 Å². The number of carbonyl (C=O) groups excluding carboxylic acids is 2. The summed E-state index contributed by atoms with van der Waals surface area (Å²) in [6.45, 7) is 6.53. The second kappa shape index (κ2) is 8.06. The van der Waals surface area contributed by atoms with Gasteiger partial charge in [-0.25, -0.2) is 0 Å². The molecule has 26 heavy (non-hydrogen) atoms. The Labute approximate surface area is 154 Å². The Hall–Kier alpha value is -2.11. The molecule has 0 radical (unpaired) electrons. The Balaban J connectivity index is 1.65. The topological polar surface area (TPSA) is 62.6 Å². The van der Waals surface area contributed by atoms with Gasteiger partial charge in [-0.3, -0.25) is 14.4 Å². The molecule has 1 aliphatic carbocycles. The third-order valence-electron chi connectivity index (χ3n) is 5.46. The number of hydrogen-bond acceptors (Lipinski definition) is 3. The SMILES string of the molecule is CC(C)[C@H]1CN(C(=O)CCn2ccccc2=O)CCC(=O)N1CC1CC1. The fraction of sp³-hybridized carbons (Fsp3) is 0.650. The molecule has 0 aromatic carbocycles. The molecule has 0 bridgehead atoms. The maximum Gasteiger partial charge on any atom is 0.250 e. The van der Waals surface area contributed by atoms with E-state index >= 15 is 0 Å². The Bertz CT molecular complexity index is 708. The fourth-order valence-corrected chi connectivity index (χ4v) is 3.61. The summed E-state index contributed by atoms with van der Waals surface area (Å²) in [5, 5.41) is 0. The van der Waals surface area contributed by atoms with E-state index < -0.39 is 0 Å². The van der Waals surface area contributed by atoms with Crippen molar-refractivity contribution in [1.29, 1.82) is 0 Å². The lowest BCUT2D eigenvalue weighted by molar-refractivity contribution is -0.134. The molecule has 1 atom stereocenters. The van der Waals surface area contributed by atoms with Gasteiger partial charge >= 0.3 is 0 Å². The van der Waals surface area contributed by atoms with Gasteiger partial charge in [0.05, 0.1) is 6.04 Å². The summed E-state index contributed by atoms with van der Waals surface area (Å²) in [6.07, 6.45) is 4.81. The maximum atomic E-state index is 12.7. The van der Waals surface area contributed by atoms with E-state index in [1.807, 2.05) is 9.80 Å². The monoisotopic (exact) mass is 359 g/mol. The number of amides is 2. The molecule has 1 aromatic heterocycles. The molecular weight excluding hydrogens is 330 g/mol. The highest BCUT2D eigenvalue weighted by molar-refractivity contribution is 5.80. The number of pyridine rings is 1. The molecule has 2 fully saturated rings. The Morgan fingerprint density at radius 2 is 2.00 bits per heavy atom. The van der Waals surface area contributed by atoms with E-state index in [0.717, 1.165) is 6.54 Å². The van der Waals surface area contributed by atoms with Crippen LogP contribution in [0.2, 0.25) is 0 Å². The first-order chi connectivity index (χ1) is 12.5. The zero-order chi connectivity index (χ0) is 18.7. The minimum Gasteiger partial charge on any atom is -0.340 e. The summed E-state index contributed by atoms with van der Waals surface area (Å²) < 4.78 is 1.56. The van der Waals surface area contributed by atoms with Crippen LogP contribution in [0.1, 0.15) is 39.5 Å². The molecule has 6 nitrogen and oxygen atoms in total. The predicted molar refractivity (Wildman–Crippen MR) is 99.6 cm³/mol. The summed E-state index contributed by atoms with van der Waals surface area (Å²) in [7, 11) is 0. The van der Waals surface area contributed by atoms with Crippen molar-refractivity contribution < 1.29 is 9.59 Å². The van der Waals surface area contributed by atoms with E-state index in [0.29, 0.717) is 37.9 Å². The summed E-state index contributed by atoms with van der Waals surface area (Å²) >= 11 is 0. The van der Waals surface area contributed by atoms with Gasteiger partial charge < -0.3 is 14.4 Å². The van der Waals surface area contributed by atoms with Gasteiger partial charge in [-0.1, -0.05) is 19.9 Å². The average Bonchev–Trinajstić information content (AvgIpc) is 3.43. The molecule has 0 N–H and O–H groups in total. The lowest BCUT2D eigenvalue weighted by Gasteiger charge is -2.34. The molecular formula is C20H29N3O3. The van der Waals surface area contributed by atoms with E-state index in [1.54, 1.807) is 22.9 Å². The first-order valence-electron chi connectivity index (χ1n) is 9.68. The van der Waals surface area contributed by atoms with Crippen LogP contribution in [-0.4, -0.2) is 51.9 Å². The van der Waals surface area contributed by atoms with Gasteiger partial charge in [0.25, 0.3) is 5.56 Å². The van der Waals surface area contributed by atoms with Crippen LogP contribution in [0, 0.1) is 11.8 Å². The summed E-state index contributed by atoms with van der Waals surface area (Å²) in [5.41, 5.74) is -0.0954. The Morgan fingerprint density at radius 3 is 2.65 bits per heavy atom. The lowest BCUT2D eigenvalue weighted by atomic mass is 10.0. The van der Waals surface area contributed by atoms with E-state index in [-0.39, 0.29) is 29.8 Å². The normalized spacial score (nSPS) is 21.2. The third-order valence-corrected chi connectivity index (χ3v) is 5.46. The lowest BCUT2D eigenvalue weighted by Crippen LogP contribution is -2.48. The smallest absolute Gasteiger partial charge is 0.250 e. The summed E-state index contributed by atoms with van der Waals surface area (Å²) in [5.74, 6) is 1.15. The molecule has 142 valence electrons. The van der Waals surface area contributed by atoms with Gasteiger partial charge in [0, 0.05) is 51.3 Å². The van der Waals surface area contributed by atoms with E-state index in [2.05, 4.69) is 13.8 Å². The molecule has 3 rings (SSSR count). The van der Waals surface area contributed by atoms with Crippen LogP contribution in [-0.2, 0) is 16.1 Å². The molecule has 0 spiro atoms. The number of nitrogens with zero attached hydrogens (tertiary/aromatic N) is 3. The molecule has 1 saturated heterocycles. The van der Waals surface area contributed by atoms with Crippen molar-refractivity contribution in [1.82, 2.24) is 14.4 Å². The summed E-state index contributed by atoms with van der Waals surface area (Å²) in [6, 6.07) is 5.07. The van der Waals surface area contributed by atoms with Gasteiger partial charge in [-0.2, -0.15) is 0 Å². The number of rotatable bonds is 6. The molecule has 1 aliphatic heterocycles. The van der Waals surface area contributed by atoms with E-state index in [4.69, 9.17) is 0 Å². The average molecular weight is 359 g/mol. The first kappa shape index (κ1) is 18.7. The summed E-state index contributed by atoms with van der Waals surface area (Å²) in [4.78, 5) is 41.0. The molecule has 6 heteroatoms. The van der Waals surface area contributed by atoms with E-state index in [1.165, 1.54) is 18.9 Å². The van der Waals surface area contributed by atoms with Crippen molar-refractivity contribution in [2.45, 2.75) is 52.1 Å². The van der Waals surface area contributed by atoms with Crippen molar-refractivity contribution in [3.05, 3.63) is 34.7 Å². The quantitative estimate of drug-likeness (QED) is 0.777. The van der Waals surface area contributed by atoms with Crippen LogP contribution in [0.15, 0.2) is 29.2 Å². The van der Waals surface area contributed by atoms with Gasteiger partial charge in [-0.05, 0) is 30.7 Å². The van der Waals surface area contributed by atoms with Crippen molar-refractivity contribution in [3.63, 3.8) is 0 Å². The highest BCUT2D eigenvalue weighted by Gasteiger charge is 2.36. The standard InChI is InChI=1S/C20H29N3O3/c1-15(2)17-14-22(12-9-20(26)23(17)13-16-6-7-16)19(25)8-11-21-10-4-3-5-18(21)24/h3-5,10,15-17H,6-9,11-14H2,1-2H3/t17-/m1/s1. The molecule has 2 amide bonds. The van der Waals surface area contributed by atoms with Crippen LogP contribution in [0.4, 0.5) is 0 Å². The highest BCUT2D eigenvalue weighted by atomic mass is 16.2. The molecule has 2 heterocycles. The van der Waals surface area contributed by atoms with Gasteiger partial charge in [0.2, 0.25) is 11.8 Å². The van der Waals surface area contributed by atoms with E-state index in [9.17, 15) is 14.4 Å². The van der Waals surface area contributed by atoms with Crippen molar-refractivity contribution in [2.75, 3.05) is 19.6 Å². The second-order valence-electron chi connectivity index (χ2n) is 7.87. The fourth-order valence-electron chi connectivity index (χ4n) is 3.61. The maximum absolute atomic E-state index is 12.7. The van der Waals surface area contributed by atoms with Crippen molar-refractivity contribution in [3.8, 4) is 0 Å². The highest BCUT2D eigenvalue weighted by Crippen LogP contribution is 2.32. The van der Waals surface area contributed by atoms with Crippen molar-refractivity contribution in [2.24, 2.45) is 11.8 Å². The molecule has 1 aromatic rings. The van der Waals surface area contributed by atoms with Gasteiger partial charge in [0.15, 0.2) is 0 Å². The number of aromatic nitrogens is 1. The number of aryl methyl sites for hydroxylation is 1. The van der Waals surface area contributed by atoms with Crippen LogP contribution in [0.3, 0.4) is 0 Å². The zero-order valence-corrected chi connectivity index (χ0v) is 15.8. The molecule has 1 saturated carbocycles. The minimum absolute atomic E-state index is 0.0208. The van der Waals surface area contributed by atoms with Crippen LogP contribution >= 0.6 is 0 Å². The second-order valence-corrected chi connectivity index (χ2v) is 7.87. The molecule has 0 unspecified atom stereocenters. The minimum atomic E-state index is -0.0954. The van der Waals surface area contributed by atoms with Gasteiger partial charge in [0.1, 0.15) is 0 Å². The van der Waals surface area contributed by atoms with Gasteiger partial charge in [-0.15, -0.1) is 0 Å². The molecule has 2 aliphatic rings. The Kier molecular flexibility index (Phi) is 5.79. The third kappa shape index (κ3) is 4.54. The largest absolute Gasteiger partial charge is 0.340 e. The van der Waals surface area contributed by atoms with Crippen LogP contribution in [0.25, 0.3) is 0 Å². The van der Waals surface area contributed by atoms with Crippen molar-refractivity contribution >= 4 is 11.8 Å². The predicted octanol–water partition coefficient (Wildman–Crippen LogP) is 1.73. The van der Waals surface area contributed by atoms with Crippen LogP contribution in [0.5, 0.6) is 0 Å². The first-order valence-corrected chi connectivity index (χ1v) is 9.68.